The molecule has 0 spiro atoms. The van der Waals surface area contributed by atoms with Gasteiger partial charge in [-0.15, -0.1) is 0 Å². The van der Waals surface area contributed by atoms with Crippen molar-refractivity contribution in [3.05, 3.63) is 54.1 Å². The maximum absolute atomic E-state index is 13.9. The van der Waals surface area contributed by atoms with Crippen LogP contribution in [-0.2, 0) is 10.0 Å². The van der Waals surface area contributed by atoms with E-state index >= 15 is 0 Å². The average molecular weight is 368 g/mol. The molecule has 0 radical (unpaired) electrons. The number of rotatable bonds is 4. The maximum atomic E-state index is 13.9. The number of anilines is 1. The van der Waals surface area contributed by atoms with E-state index in [9.17, 15) is 17.2 Å². The Kier molecular flexibility index (Phi) is 4.91. The molecule has 134 valence electrons. The number of sulfonamides is 1. The molecule has 25 heavy (non-hydrogen) atoms. The largest absolute Gasteiger partial charge is 0.497 e. The van der Waals surface area contributed by atoms with Crippen LogP contribution in [0.5, 0.6) is 5.75 Å². The second-order valence-corrected chi connectivity index (χ2v) is 7.57. The van der Waals surface area contributed by atoms with Crippen LogP contribution >= 0.6 is 0 Å². The van der Waals surface area contributed by atoms with E-state index in [0.717, 1.165) is 23.6 Å². The molecule has 2 aromatic carbocycles. The van der Waals surface area contributed by atoms with Crippen LogP contribution in [0.15, 0.2) is 47.4 Å². The number of hydrogen-bond donors (Lipinski definition) is 0. The molecule has 0 bridgehead atoms. The Labute approximate surface area is 145 Å². The molecule has 0 N–H and O–H groups in total. The van der Waals surface area contributed by atoms with E-state index in [0.29, 0.717) is 19.2 Å². The van der Waals surface area contributed by atoms with Crippen molar-refractivity contribution in [1.82, 2.24) is 4.31 Å². The zero-order valence-electron chi connectivity index (χ0n) is 13.7. The van der Waals surface area contributed by atoms with Gasteiger partial charge in [-0.25, -0.2) is 17.2 Å². The zero-order chi connectivity index (χ0) is 18.0. The number of ether oxygens (including phenoxy) is 1. The average Bonchev–Trinajstić information content (AvgIpc) is 2.61. The molecule has 3 rings (SSSR count). The predicted molar refractivity (Wildman–Crippen MR) is 90.3 cm³/mol. The lowest BCUT2D eigenvalue weighted by Crippen LogP contribution is -2.48. The van der Waals surface area contributed by atoms with E-state index in [4.69, 9.17) is 4.74 Å². The lowest BCUT2D eigenvalue weighted by molar-refractivity contribution is 0.381. The van der Waals surface area contributed by atoms with Gasteiger partial charge in [0.1, 0.15) is 22.3 Å². The Balaban J connectivity index is 1.75. The van der Waals surface area contributed by atoms with Crippen molar-refractivity contribution < 1.29 is 21.9 Å². The molecule has 0 unspecified atom stereocenters. The SMILES string of the molecule is COc1cccc(N2CCN(S(=O)(=O)c3ccc(F)cc3F)CC2)c1. The van der Waals surface area contributed by atoms with Crippen LogP contribution in [0, 0.1) is 11.6 Å². The van der Waals surface area contributed by atoms with Crippen molar-refractivity contribution in [1.29, 1.82) is 0 Å². The third-order valence-electron chi connectivity index (χ3n) is 4.17. The number of piperazine rings is 1. The van der Waals surface area contributed by atoms with Gasteiger partial charge >= 0.3 is 0 Å². The molecule has 1 aliphatic rings. The van der Waals surface area contributed by atoms with E-state index in [-0.39, 0.29) is 13.1 Å². The number of hydrogen-bond acceptors (Lipinski definition) is 4. The van der Waals surface area contributed by atoms with Crippen molar-refractivity contribution >= 4 is 15.7 Å². The number of nitrogens with zero attached hydrogens (tertiary/aromatic N) is 2. The molecule has 5 nitrogen and oxygen atoms in total. The van der Waals surface area contributed by atoms with Crippen LogP contribution in [0.1, 0.15) is 0 Å². The first-order valence-corrected chi connectivity index (χ1v) is 9.20. The highest BCUT2D eigenvalue weighted by Crippen LogP contribution is 2.25. The van der Waals surface area contributed by atoms with Crippen molar-refractivity contribution in [2.24, 2.45) is 0 Å². The number of halogens is 2. The molecule has 1 saturated heterocycles. The maximum Gasteiger partial charge on any atom is 0.246 e. The van der Waals surface area contributed by atoms with Crippen LogP contribution in [0.25, 0.3) is 0 Å². The molecule has 1 fully saturated rings. The summed E-state index contributed by atoms with van der Waals surface area (Å²) in [5.74, 6) is -1.16. The smallest absolute Gasteiger partial charge is 0.246 e. The van der Waals surface area contributed by atoms with Gasteiger partial charge in [0.2, 0.25) is 10.0 Å². The summed E-state index contributed by atoms with van der Waals surface area (Å²) in [6, 6.07) is 10.00. The standard InChI is InChI=1S/C17H18F2N2O3S/c1-24-15-4-2-3-14(12-15)20-7-9-21(10-8-20)25(22,23)17-6-5-13(18)11-16(17)19/h2-6,11-12H,7-10H2,1H3. The van der Waals surface area contributed by atoms with Crippen LogP contribution in [-0.4, -0.2) is 46.0 Å². The van der Waals surface area contributed by atoms with Crippen molar-refractivity contribution in [3.8, 4) is 5.75 Å². The Morgan fingerprint density at radius 2 is 1.72 bits per heavy atom. The summed E-state index contributed by atoms with van der Waals surface area (Å²) in [6.07, 6.45) is 0. The van der Waals surface area contributed by atoms with Gasteiger partial charge in [-0.1, -0.05) is 6.07 Å². The minimum Gasteiger partial charge on any atom is -0.497 e. The normalized spacial score (nSPS) is 16.0. The Morgan fingerprint density at radius 3 is 2.36 bits per heavy atom. The molecule has 8 heteroatoms. The fourth-order valence-corrected chi connectivity index (χ4v) is 4.28. The summed E-state index contributed by atoms with van der Waals surface area (Å²) in [6.45, 7) is 1.37. The molecule has 2 aromatic rings. The Morgan fingerprint density at radius 1 is 1.00 bits per heavy atom. The second kappa shape index (κ2) is 6.97. The summed E-state index contributed by atoms with van der Waals surface area (Å²) in [5, 5.41) is 0. The number of benzene rings is 2. The van der Waals surface area contributed by atoms with Crippen LogP contribution in [0.4, 0.5) is 14.5 Å². The minimum atomic E-state index is -3.99. The fourth-order valence-electron chi connectivity index (χ4n) is 2.82. The second-order valence-electron chi connectivity index (χ2n) is 5.67. The molecular weight excluding hydrogens is 350 g/mol. The van der Waals surface area contributed by atoms with Gasteiger partial charge in [-0.05, 0) is 24.3 Å². The van der Waals surface area contributed by atoms with E-state index < -0.39 is 26.6 Å². The van der Waals surface area contributed by atoms with E-state index in [1.54, 1.807) is 7.11 Å². The highest BCUT2D eigenvalue weighted by molar-refractivity contribution is 7.89. The highest BCUT2D eigenvalue weighted by Gasteiger charge is 2.30. The lowest BCUT2D eigenvalue weighted by Gasteiger charge is -2.35. The first kappa shape index (κ1) is 17.6. The predicted octanol–water partition coefficient (Wildman–Crippen LogP) is 2.48. The molecule has 1 heterocycles. The van der Waals surface area contributed by atoms with Crippen LogP contribution < -0.4 is 9.64 Å². The van der Waals surface area contributed by atoms with E-state index in [1.165, 1.54) is 4.31 Å². The van der Waals surface area contributed by atoms with Gasteiger partial charge in [-0.2, -0.15) is 4.31 Å². The monoisotopic (exact) mass is 368 g/mol. The minimum absolute atomic E-state index is 0.219. The quantitative estimate of drug-likeness (QED) is 0.832. The molecule has 1 aliphatic heterocycles. The van der Waals surface area contributed by atoms with Gasteiger partial charge in [0, 0.05) is 44.0 Å². The van der Waals surface area contributed by atoms with Gasteiger partial charge in [-0.3, -0.25) is 0 Å². The Hall–Kier alpha value is -2.19. The molecule has 0 aliphatic carbocycles. The molecule has 0 amide bonds. The summed E-state index contributed by atoms with van der Waals surface area (Å²) < 4.78 is 58.5. The van der Waals surface area contributed by atoms with Crippen LogP contribution in [0.3, 0.4) is 0 Å². The Bertz CT molecular complexity index is 866. The summed E-state index contributed by atoms with van der Waals surface area (Å²) in [5.41, 5.74) is 0.935. The first-order chi connectivity index (χ1) is 11.9. The molecule has 0 aromatic heterocycles. The summed E-state index contributed by atoms with van der Waals surface area (Å²) >= 11 is 0. The zero-order valence-corrected chi connectivity index (χ0v) is 14.5. The highest BCUT2D eigenvalue weighted by atomic mass is 32.2. The summed E-state index contributed by atoms with van der Waals surface area (Å²) in [4.78, 5) is 1.54. The third kappa shape index (κ3) is 3.59. The van der Waals surface area contributed by atoms with Gasteiger partial charge in [0.05, 0.1) is 7.11 Å². The van der Waals surface area contributed by atoms with Crippen molar-refractivity contribution in [2.75, 3.05) is 38.2 Å². The lowest BCUT2D eigenvalue weighted by atomic mass is 10.2. The van der Waals surface area contributed by atoms with Gasteiger partial charge in [0.15, 0.2) is 0 Å². The third-order valence-corrected chi connectivity index (χ3v) is 6.10. The number of methoxy groups -OCH3 is 1. The molecular formula is C17H18F2N2O3S. The summed E-state index contributed by atoms with van der Waals surface area (Å²) in [7, 11) is -2.40. The molecule has 0 saturated carbocycles. The fraction of sp³-hybridized carbons (Fsp3) is 0.294. The molecule has 0 atom stereocenters. The van der Waals surface area contributed by atoms with Gasteiger partial charge in [0.25, 0.3) is 0 Å². The van der Waals surface area contributed by atoms with Crippen molar-refractivity contribution in [3.63, 3.8) is 0 Å². The van der Waals surface area contributed by atoms with E-state index in [2.05, 4.69) is 0 Å². The van der Waals surface area contributed by atoms with Crippen LogP contribution in [0.2, 0.25) is 0 Å². The van der Waals surface area contributed by atoms with Gasteiger partial charge < -0.3 is 9.64 Å². The van der Waals surface area contributed by atoms with E-state index in [1.807, 2.05) is 29.2 Å². The topological polar surface area (TPSA) is 49.9 Å². The first-order valence-electron chi connectivity index (χ1n) is 7.76. The van der Waals surface area contributed by atoms with Crippen molar-refractivity contribution in [2.45, 2.75) is 4.90 Å².